The van der Waals surface area contributed by atoms with E-state index in [9.17, 15) is 20.0 Å². The fraction of sp³-hybridized carbons (Fsp3) is 0.857. The van der Waals surface area contributed by atoms with Crippen molar-refractivity contribution in [3.63, 3.8) is 0 Å². The first kappa shape index (κ1) is 10.7. The molecule has 0 aliphatic heterocycles. The second-order valence-corrected chi connectivity index (χ2v) is 3.60. The van der Waals surface area contributed by atoms with Crippen molar-refractivity contribution >= 4 is 6.09 Å². The van der Waals surface area contributed by atoms with Crippen LogP contribution in [0.3, 0.4) is 0 Å². The maximum atomic E-state index is 10.3. The first-order chi connectivity index (χ1) is 6.41. The third-order valence-electron chi connectivity index (χ3n) is 2.34. The van der Waals surface area contributed by atoms with Crippen molar-refractivity contribution in [1.82, 2.24) is 5.32 Å². The lowest BCUT2D eigenvalue weighted by Crippen LogP contribution is -2.38. The van der Waals surface area contributed by atoms with Gasteiger partial charge in [-0.25, -0.2) is 4.79 Å². The van der Waals surface area contributed by atoms with Gasteiger partial charge in [-0.15, -0.1) is 0 Å². The average Bonchev–Trinajstić information content (AvgIpc) is 2.28. The summed E-state index contributed by atoms with van der Waals surface area (Å²) in [5, 5.41) is 30.5. The summed E-state index contributed by atoms with van der Waals surface area (Å²) < 4.78 is 0. The van der Waals surface area contributed by atoms with Gasteiger partial charge in [0.05, 0.1) is 0 Å². The molecule has 1 aliphatic rings. The lowest BCUT2D eigenvalue weighted by molar-refractivity contribution is -0.500. The summed E-state index contributed by atoms with van der Waals surface area (Å²) in [7, 11) is 0. The molecule has 2 atom stereocenters. The predicted molar refractivity (Wildman–Crippen MR) is 45.6 cm³/mol. The number of hydrogen-bond acceptors (Lipinski definition) is 4. The zero-order valence-corrected chi connectivity index (χ0v) is 7.47. The Kier molecular flexibility index (Phi) is 2.90. The first-order valence-electron chi connectivity index (χ1n) is 4.25. The molecular weight excluding hydrogens is 192 g/mol. The third kappa shape index (κ3) is 2.84. The van der Waals surface area contributed by atoms with Crippen LogP contribution >= 0.6 is 0 Å². The van der Waals surface area contributed by atoms with Gasteiger partial charge < -0.3 is 15.5 Å². The van der Waals surface area contributed by atoms with Crippen LogP contribution in [-0.2, 0) is 0 Å². The minimum absolute atomic E-state index is 0.111. The van der Waals surface area contributed by atoms with Crippen LogP contribution in [0.5, 0.6) is 0 Å². The number of nitrogens with one attached hydrogen (secondary N) is 1. The van der Waals surface area contributed by atoms with E-state index in [1.807, 2.05) is 0 Å². The summed E-state index contributed by atoms with van der Waals surface area (Å²) >= 11 is 0. The Morgan fingerprint density at radius 2 is 2.36 bits per heavy atom. The van der Waals surface area contributed by atoms with Gasteiger partial charge in [0.2, 0.25) is 6.54 Å². The van der Waals surface area contributed by atoms with E-state index in [4.69, 9.17) is 5.11 Å². The Morgan fingerprint density at radius 3 is 2.86 bits per heavy atom. The highest BCUT2D eigenvalue weighted by molar-refractivity contribution is 5.64. The van der Waals surface area contributed by atoms with Crippen molar-refractivity contribution in [2.24, 2.45) is 0 Å². The Labute approximate surface area is 79.9 Å². The van der Waals surface area contributed by atoms with E-state index in [0.29, 0.717) is 6.42 Å². The summed E-state index contributed by atoms with van der Waals surface area (Å²) in [4.78, 5) is 19.9. The van der Waals surface area contributed by atoms with Gasteiger partial charge in [-0.1, -0.05) is 0 Å². The van der Waals surface area contributed by atoms with Crippen LogP contribution < -0.4 is 5.32 Å². The van der Waals surface area contributed by atoms with Crippen LogP contribution in [0.4, 0.5) is 4.79 Å². The Balaban J connectivity index is 2.46. The zero-order valence-electron chi connectivity index (χ0n) is 7.47. The normalized spacial score (nSPS) is 31.4. The predicted octanol–water partition coefficient (Wildman–Crippen LogP) is -0.186. The molecule has 1 saturated carbocycles. The number of rotatable bonds is 3. The maximum absolute atomic E-state index is 10.3. The van der Waals surface area contributed by atoms with E-state index >= 15 is 0 Å². The molecular formula is C7H12N2O5. The third-order valence-corrected chi connectivity index (χ3v) is 2.34. The van der Waals surface area contributed by atoms with E-state index in [1.54, 1.807) is 0 Å². The van der Waals surface area contributed by atoms with E-state index < -0.39 is 23.2 Å². The van der Waals surface area contributed by atoms with Crippen LogP contribution in [0.2, 0.25) is 0 Å². The van der Waals surface area contributed by atoms with Gasteiger partial charge in [0.25, 0.3) is 0 Å². The largest absolute Gasteiger partial charge is 0.465 e. The Hall–Kier alpha value is -1.37. The van der Waals surface area contributed by atoms with Crippen LogP contribution in [0.25, 0.3) is 0 Å². The molecule has 7 heteroatoms. The molecule has 0 heterocycles. The smallest absolute Gasteiger partial charge is 0.404 e. The monoisotopic (exact) mass is 204 g/mol. The van der Waals surface area contributed by atoms with Gasteiger partial charge in [-0.2, -0.15) is 0 Å². The lowest BCUT2D eigenvalue weighted by atomic mass is 10.0. The molecule has 0 saturated heterocycles. The van der Waals surface area contributed by atoms with Gasteiger partial charge in [0.15, 0.2) is 0 Å². The molecule has 0 aromatic carbocycles. The Morgan fingerprint density at radius 1 is 1.71 bits per heavy atom. The minimum atomic E-state index is -1.35. The number of nitro groups is 1. The highest BCUT2D eigenvalue weighted by Crippen LogP contribution is 2.29. The van der Waals surface area contributed by atoms with Crippen molar-refractivity contribution in [3.8, 4) is 0 Å². The molecule has 0 spiro atoms. The fourth-order valence-corrected chi connectivity index (χ4v) is 1.79. The number of carbonyl (C=O) groups is 1. The van der Waals surface area contributed by atoms with Crippen molar-refractivity contribution in [3.05, 3.63) is 10.1 Å². The molecule has 1 rings (SSSR count). The molecule has 80 valence electrons. The van der Waals surface area contributed by atoms with Crippen LogP contribution in [0, 0.1) is 10.1 Å². The number of aliphatic hydroxyl groups is 1. The maximum Gasteiger partial charge on any atom is 0.404 e. The summed E-state index contributed by atoms with van der Waals surface area (Å²) in [6.07, 6.45) is -0.351. The van der Waals surface area contributed by atoms with Crippen molar-refractivity contribution in [2.75, 3.05) is 6.54 Å². The van der Waals surface area contributed by atoms with E-state index in [2.05, 4.69) is 5.32 Å². The topological polar surface area (TPSA) is 113 Å². The lowest BCUT2D eigenvalue weighted by Gasteiger charge is -2.17. The molecule has 1 aliphatic carbocycles. The second-order valence-electron chi connectivity index (χ2n) is 3.60. The van der Waals surface area contributed by atoms with Crippen LogP contribution in [-0.4, -0.2) is 39.4 Å². The number of amides is 1. The number of nitrogens with zero attached hydrogens (tertiary/aromatic N) is 1. The summed E-state index contributed by atoms with van der Waals surface area (Å²) in [5.41, 5.74) is -1.35. The molecule has 1 fully saturated rings. The molecule has 14 heavy (non-hydrogen) atoms. The van der Waals surface area contributed by atoms with Gasteiger partial charge in [-0.05, 0) is 12.8 Å². The molecule has 0 aromatic rings. The summed E-state index contributed by atoms with van der Waals surface area (Å²) in [5.74, 6) is 0. The summed E-state index contributed by atoms with van der Waals surface area (Å²) in [6.45, 7) is -0.523. The molecule has 0 radical (unpaired) electrons. The fourth-order valence-electron chi connectivity index (χ4n) is 1.79. The standard InChI is InChI=1S/C7H12N2O5/c10-6(11)8-5-1-2-7(12,3-5)4-9(13)14/h5,8,12H,1-4H2,(H,10,11)/t5-,7?/m0/s1. The van der Waals surface area contributed by atoms with Crippen LogP contribution in [0.1, 0.15) is 19.3 Å². The van der Waals surface area contributed by atoms with Gasteiger partial charge in [0.1, 0.15) is 5.60 Å². The van der Waals surface area contributed by atoms with Gasteiger partial charge >= 0.3 is 6.09 Å². The van der Waals surface area contributed by atoms with Crippen molar-refractivity contribution < 1.29 is 19.9 Å². The average molecular weight is 204 g/mol. The van der Waals surface area contributed by atoms with E-state index in [0.717, 1.165) is 0 Å². The number of carboxylic acid groups (broad SMARTS) is 1. The van der Waals surface area contributed by atoms with Crippen molar-refractivity contribution in [2.45, 2.75) is 30.9 Å². The summed E-state index contributed by atoms with van der Waals surface area (Å²) in [6, 6.07) is -0.377. The highest BCUT2D eigenvalue weighted by Gasteiger charge is 2.41. The van der Waals surface area contributed by atoms with Crippen molar-refractivity contribution in [1.29, 1.82) is 0 Å². The molecule has 1 unspecified atom stereocenters. The van der Waals surface area contributed by atoms with Crippen LogP contribution in [0.15, 0.2) is 0 Å². The molecule has 1 amide bonds. The quantitative estimate of drug-likeness (QED) is 0.435. The van der Waals surface area contributed by atoms with E-state index in [-0.39, 0.29) is 18.9 Å². The molecule has 7 nitrogen and oxygen atoms in total. The molecule has 0 aromatic heterocycles. The van der Waals surface area contributed by atoms with Gasteiger partial charge in [0, 0.05) is 17.4 Å². The SMILES string of the molecule is O=C(O)N[C@H]1CCC(O)(C[N+](=O)[O-])C1. The highest BCUT2D eigenvalue weighted by atomic mass is 16.6. The number of hydrogen-bond donors (Lipinski definition) is 3. The van der Waals surface area contributed by atoms with E-state index in [1.165, 1.54) is 0 Å². The molecule has 0 bridgehead atoms. The minimum Gasteiger partial charge on any atom is -0.465 e. The van der Waals surface area contributed by atoms with Gasteiger partial charge in [-0.3, -0.25) is 10.1 Å². The molecule has 3 N–H and O–H groups in total. The zero-order chi connectivity index (χ0) is 10.8. The first-order valence-corrected chi connectivity index (χ1v) is 4.25. The Bertz CT molecular complexity index is 256. The second kappa shape index (κ2) is 3.79.